The van der Waals surface area contributed by atoms with E-state index in [0.29, 0.717) is 0 Å². The molecule has 0 aliphatic carbocycles. The van der Waals surface area contributed by atoms with Crippen LogP contribution in [0.5, 0.6) is 0 Å². The van der Waals surface area contributed by atoms with Crippen LogP contribution < -0.4 is 0 Å². The molecule has 0 fully saturated rings. The number of methoxy groups -OCH3 is 1. The van der Waals surface area contributed by atoms with Crippen molar-refractivity contribution >= 4 is 25.8 Å². The van der Waals surface area contributed by atoms with Gasteiger partial charge in [0.2, 0.25) is 0 Å². The molecule has 0 saturated heterocycles. The van der Waals surface area contributed by atoms with Crippen LogP contribution >= 0.6 is 11.8 Å². The van der Waals surface area contributed by atoms with Gasteiger partial charge in [0.05, 0.1) is 12.7 Å². The molecule has 0 spiro atoms. The summed E-state index contributed by atoms with van der Waals surface area (Å²) in [7, 11) is 0.0626. The van der Waals surface area contributed by atoms with Gasteiger partial charge in [-0.1, -0.05) is 25.6 Å². The minimum atomic E-state index is -1.36. The van der Waals surface area contributed by atoms with Crippen molar-refractivity contribution < 1.29 is 9.53 Å². The van der Waals surface area contributed by atoms with E-state index in [4.69, 9.17) is 4.74 Å². The molecular weight excluding hydrogens is 224 g/mol. The Balaban J connectivity index is 2.91. The first kappa shape index (κ1) is 12.4. The van der Waals surface area contributed by atoms with Crippen molar-refractivity contribution in [1.29, 1.82) is 0 Å². The van der Waals surface area contributed by atoms with Gasteiger partial charge in [0.15, 0.2) is 0 Å². The van der Waals surface area contributed by atoms with E-state index in [1.54, 1.807) is 11.8 Å². The van der Waals surface area contributed by atoms with Crippen molar-refractivity contribution in [2.24, 2.45) is 0 Å². The van der Waals surface area contributed by atoms with Crippen LogP contribution in [0.25, 0.3) is 0 Å². The number of carbonyl (C=O) groups is 1. The van der Waals surface area contributed by atoms with Crippen LogP contribution in [0.15, 0.2) is 11.1 Å². The second-order valence-electron chi connectivity index (χ2n) is 4.44. The molecule has 0 N–H and O–H groups in total. The fourth-order valence-electron chi connectivity index (χ4n) is 1.11. The van der Waals surface area contributed by atoms with E-state index in [2.05, 4.69) is 31.1 Å². The van der Waals surface area contributed by atoms with E-state index in [1.165, 1.54) is 7.11 Å². The molecular formula is C11H16O2SSi. The lowest BCUT2D eigenvalue weighted by atomic mass is 10.2. The first-order valence-corrected chi connectivity index (χ1v) is 9.51. The molecule has 4 heteroatoms. The summed E-state index contributed by atoms with van der Waals surface area (Å²) in [5.74, 6) is 4.52. The third kappa shape index (κ3) is 3.77. The number of esters is 1. The van der Waals surface area contributed by atoms with E-state index < -0.39 is 8.07 Å². The molecule has 0 amide bonds. The molecule has 0 aromatic heterocycles. The third-order valence-electron chi connectivity index (χ3n) is 1.88. The molecule has 0 radical (unpaired) electrons. The second kappa shape index (κ2) is 4.91. The van der Waals surface area contributed by atoms with E-state index in [-0.39, 0.29) is 5.97 Å². The maximum Gasteiger partial charge on any atom is 0.335 e. The van der Waals surface area contributed by atoms with Crippen molar-refractivity contribution in [3.8, 4) is 11.5 Å². The summed E-state index contributed by atoms with van der Waals surface area (Å²) in [4.78, 5) is 11.4. The predicted molar refractivity (Wildman–Crippen MR) is 67.5 cm³/mol. The zero-order valence-electron chi connectivity index (χ0n) is 9.64. The highest BCUT2D eigenvalue weighted by Crippen LogP contribution is 2.24. The zero-order chi connectivity index (χ0) is 11.5. The Hall–Kier alpha value is -0.663. The normalized spacial score (nSPS) is 16.0. The van der Waals surface area contributed by atoms with Crippen LogP contribution in [0.1, 0.15) is 0 Å². The largest absolute Gasteiger partial charge is 0.466 e. The SMILES string of the molecule is COC(=O)C1=C(C#C[Si](C)(C)C)CSC1. The highest BCUT2D eigenvalue weighted by atomic mass is 32.2. The van der Waals surface area contributed by atoms with Crippen LogP contribution in [0, 0.1) is 11.5 Å². The number of hydrogen-bond donors (Lipinski definition) is 0. The molecule has 2 nitrogen and oxygen atoms in total. The van der Waals surface area contributed by atoms with Gasteiger partial charge in [0, 0.05) is 17.1 Å². The van der Waals surface area contributed by atoms with E-state index >= 15 is 0 Å². The fraction of sp³-hybridized carbons (Fsp3) is 0.545. The Morgan fingerprint density at radius 3 is 2.60 bits per heavy atom. The maximum atomic E-state index is 11.4. The Labute approximate surface area is 96.5 Å². The van der Waals surface area contributed by atoms with Gasteiger partial charge in [-0.3, -0.25) is 0 Å². The molecule has 0 aromatic rings. The molecule has 1 rings (SSSR count). The van der Waals surface area contributed by atoms with Crippen molar-refractivity contribution in [1.82, 2.24) is 0 Å². The average Bonchev–Trinajstić information content (AvgIpc) is 2.60. The minimum absolute atomic E-state index is 0.222. The predicted octanol–water partition coefficient (Wildman–Crippen LogP) is 2.08. The third-order valence-corrected chi connectivity index (χ3v) is 3.74. The number of carbonyl (C=O) groups excluding carboxylic acids is 1. The minimum Gasteiger partial charge on any atom is -0.466 e. The smallest absolute Gasteiger partial charge is 0.335 e. The Kier molecular flexibility index (Phi) is 4.06. The van der Waals surface area contributed by atoms with E-state index in [0.717, 1.165) is 22.7 Å². The molecule has 0 aromatic carbocycles. The van der Waals surface area contributed by atoms with Crippen molar-refractivity contribution in [3.63, 3.8) is 0 Å². The van der Waals surface area contributed by atoms with Gasteiger partial charge in [-0.2, -0.15) is 11.8 Å². The topological polar surface area (TPSA) is 26.3 Å². The Morgan fingerprint density at radius 1 is 1.40 bits per heavy atom. The molecule has 1 aliphatic rings. The van der Waals surface area contributed by atoms with Gasteiger partial charge in [0.1, 0.15) is 8.07 Å². The Bertz CT molecular complexity index is 355. The number of ether oxygens (including phenoxy) is 1. The summed E-state index contributed by atoms with van der Waals surface area (Å²) in [5, 5.41) is 0. The van der Waals surface area contributed by atoms with E-state index in [1.807, 2.05) is 0 Å². The first-order chi connectivity index (χ1) is 6.94. The molecule has 0 atom stereocenters. The van der Waals surface area contributed by atoms with Gasteiger partial charge >= 0.3 is 5.97 Å². The zero-order valence-corrected chi connectivity index (χ0v) is 11.5. The highest BCUT2D eigenvalue weighted by molar-refractivity contribution is 8.00. The first-order valence-electron chi connectivity index (χ1n) is 4.85. The molecule has 82 valence electrons. The molecule has 1 heterocycles. The summed E-state index contributed by atoms with van der Waals surface area (Å²) >= 11 is 1.72. The molecule has 0 unspecified atom stereocenters. The van der Waals surface area contributed by atoms with Crippen molar-refractivity contribution in [2.45, 2.75) is 19.6 Å². The lowest BCUT2D eigenvalue weighted by Crippen LogP contribution is -2.16. The monoisotopic (exact) mass is 240 g/mol. The lowest BCUT2D eigenvalue weighted by Gasteiger charge is -2.04. The number of hydrogen-bond acceptors (Lipinski definition) is 3. The average molecular weight is 240 g/mol. The molecule has 1 aliphatic heterocycles. The van der Waals surface area contributed by atoms with Gasteiger partial charge in [-0.05, 0) is 0 Å². The Morgan fingerprint density at radius 2 is 2.07 bits per heavy atom. The van der Waals surface area contributed by atoms with Crippen LogP contribution in [0.3, 0.4) is 0 Å². The standard InChI is InChI=1S/C11H16O2SSi/c1-13-11(12)10-8-14-7-9(10)5-6-15(2,3)4/h7-8H2,1-4H3. The van der Waals surface area contributed by atoms with E-state index in [9.17, 15) is 4.79 Å². The molecule has 0 bridgehead atoms. The van der Waals surface area contributed by atoms with Gasteiger partial charge < -0.3 is 4.74 Å². The van der Waals surface area contributed by atoms with Crippen LogP contribution in [-0.4, -0.2) is 32.7 Å². The van der Waals surface area contributed by atoms with Gasteiger partial charge in [0.25, 0.3) is 0 Å². The van der Waals surface area contributed by atoms with Gasteiger partial charge in [-0.25, -0.2) is 4.79 Å². The number of thioether (sulfide) groups is 1. The maximum absolute atomic E-state index is 11.4. The van der Waals surface area contributed by atoms with Crippen LogP contribution in [-0.2, 0) is 9.53 Å². The van der Waals surface area contributed by atoms with Crippen molar-refractivity contribution in [3.05, 3.63) is 11.1 Å². The highest BCUT2D eigenvalue weighted by Gasteiger charge is 2.21. The van der Waals surface area contributed by atoms with Crippen LogP contribution in [0.4, 0.5) is 0 Å². The molecule has 0 saturated carbocycles. The van der Waals surface area contributed by atoms with Crippen LogP contribution in [0.2, 0.25) is 19.6 Å². The fourth-order valence-corrected chi connectivity index (χ4v) is 2.68. The molecule has 15 heavy (non-hydrogen) atoms. The van der Waals surface area contributed by atoms with Crippen molar-refractivity contribution in [2.75, 3.05) is 18.6 Å². The summed E-state index contributed by atoms with van der Waals surface area (Å²) in [6.45, 7) is 6.58. The lowest BCUT2D eigenvalue weighted by molar-refractivity contribution is -0.136. The quantitative estimate of drug-likeness (QED) is 0.399. The number of rotatable bonds is 1. The summed E-state index contributed by atoms with van der Waals surface area (Å²) in [5.41, 5.74) is 5.01. The second-order valence-corrected chi connectivity index (χ2v) is 10.2. The summed E-state index contributed by atoms with van der Waals surface area (Å²) < 4.78 is 4.73. The summed E-state index contributed by atoms with van der Waals surface area (Å²) in [6, 6.07) is 0. The van der Waals surface area contributed by atoms with Gasteiger partial charge in [-0.15, -0.1) is 5.54 Å². The summed E-state index contributed by atoms with van der Waals surface area (Å²) in [6.07, 6.45) is 0.